The number of nitrogens with zero attached hydrogens (tertiary/aromatic N) is 2. The minimum atomic E-state index is 0.154. The van der Waals surface area contributed by atoms with Crippen molar-refractivity contribution in [2.45, 2.75) is 26.4 Å². The molecule has 3 heterocycles. The van der Waals surface area contributed by atoms with E-state index in [1.54, 1.807) is 7.11 Å². The van der Waals surface area contributed by atoms with E-state index in [0.717, 1.165) is 35.1 Å². The summed E-state index contributed by atoms with van der Waals surface area (Å²) in [6, 6.07) is 14.5. The standard InChI is InChI=1S/C23H23N3O2/c1-15-3-6-22-16(11-15)7-9-25(22)14-23(27)26-10-8-21-19(13-26)18-12-17(28-2)4-5-20(18)24-21/h3-7,9,11-12,24H,8,10,13-14H2,1-2H3. The van der Waals surface area contributed by atoms with Gasteiger partial charge in [0.05, 0.1) is 7.11 Å². The number of nitrogens with one attached hydrogen (secondary N) is 1. The van der Waals surface area contributed by atoms with Gasteiger partial charge in [0, 0.05) is 53.4 Å². The highest BCUT2D eigenvalue weighted by Gasteiger charge is 2.24. The number of carbonyl (C=O) groups is 1. The minimum Gasteiger partial charge on any atom is -0.497 e. The third-order valence-corrected chi connectivity index (χ3v) is 5.77. The van der Waals surface area contributed by atoms with Crippen LogP contribution in [0.25, 0.3) is 21.8 Å². The lowest BCUT2D eigenvalue weighted by Crippen LogP contribution is -2.37. The molecular weight excluding hydrogens is 350 g/mol. The van der Waals surface area contributed by atoms with Crippen molar-refractivity contribution in [2.75, 3.05) is 13.7 Å². The smallest absolute Gasteiger partial charge is 0.242 e. The first kappa shape index (κ1) is 16.9. The highest BCUT2D eigenvalue weighted by atomic mass is 16.5. The van der Waals surface area contributed by atoms with Crippen LogP contribution in [0.2, 0.25) is 0 Å². The third kappa shape index (κ3) is 2.74. The van der Waals surface area contributed by atoms with Gasteiger partial charge in [-0.3, -0.25) is 4.79 Å². The third-order valence-electron chi connectivity index (χ3n) is 5.77. The van der Waals surface area contributed by atoms with E-state index < -0.39 is 0 Å². The van der Waals surface area contributed by atoms with Crippen LogP contribution in [-0.2, 0) is 24.3 Å². The van der Waals surface area contributed by atoms with E-state index in [1.807, 2.05) is 27.8 Å². The van der Waals surface area contributed by atoms with Crippen LogP contribution in [0.4, 0.5) is 0 Å². The molecule has 4 aromatic rings. The lowest BCUT2D eigenvalue weighted by Gasteiger charge is -2.27. The van der Waals surface area contributed by atoms with Crippen molar-refractivity contribution in [3.63, 3.8) is 0 Å². The SMILES string of the molecule is COc1ccc2[nH]c3c(c2c1)CN(C(=O)Cn1ccc2cc(C)ccc21)CC3. The first-order valence-electron chi connectivity index (χ1n) is 9.63. The summed E-state index contributed by atoms with van der Waals surface area (Å²) in [7, 11) is 1.68. The number of hydrogen-bond acceptors (Lipinski definition) is 2. The number of hydrogen-bond donors (Lipinski definition) is 1. The number of carbonyl (C=O) groups excluding carboxylic acids is 1. The molecule has 1 aliphatic rings. The van der Waals surface area contributed by atoms with Gasteiger partial charge in [0.15, 0.2) is 0 Å². The van der Waals surface area contributed by atoms with E-state index in [4.69, 9.17) is 4.74 Å². The van der Waals surface area contributed by atoms with Gasteiger partial charge in [-0.1, -0.05) is 11.6 Å². The second-order valence-electron chi connectivity index (χ2n) is 7.56. The molecule has 5 rings (SSSR count). The lowest BCUT2D eigenvalue weighted by atomic mass is 10.0. The van der Waals surface area contributed by atoms with Crippen molar-refractivity contribution in [1.82, 2.24) is 14.5 Å². The Morgan fingerprint density at radius 1 is 1.18 bits per heavy atom. The Morgan fingerprint density at radius 3 is 2.93 bits per heavy atom. The van der Waals surface area contributed by atoms with Crippen LogP contribution in [0, 0.1) is 6.92 Å². The second kappa shape index (κ2) is 6.44. The van der Waals surface area contributed by atoms with Crippen LogP contribution in [-0.4, -0.2) is 34.0 Å². The monoisotopic (exact) mass is 373 g/mol. The van der Waals surface area contributed by atoms with E-state index in [-0.39, 0.29) is 5.91 Å². The predicted molar refractivity (Wildman–Crippen MR) is 111 cm³/mol. The minimum absolute atomic E-state index is 0.154. The van der Waals surface area contributed by atoms with E-state index in [2.05, 4.69) is 42.2 Å². The normalized spacial score (nSPS) is 13.9. The molecule has 1 N–H and O–H groups in total. The molecule has 1 aliphatic heterocycles. The molecule has 0 spiro atoms. The van der Waals surface area contributed by atoms with Crippen LogP contribution < -0.4 is 4.74 Å². The van der Waals surface area contributed by atoms with Gasteiger partial charge in [0.2, 0.25) is 5.91 Å². The number of H-pyrrole nitrogens is 1. The number of ether oxygens (including phenoxy) is 1. The summed E-state index contributed by atoms with van der Waals surface area (Å²) in [4.78, 5) is 18.5. The molecule has 0 aliphatic carbocycles. The number of rotatable bonds is 3. The van der Waals surface area contributed by atoms with Crippen molar-refractivity contribution in [3.8, 4) is 5.75 Å². The van der Waals surface area contributed by atoms with Gasteiger partial charge >= 0.3 is 0 Å². The number of amides is 1. The summed E-state index contributed by atoms with van der Waals surface area (Å²) in [5.74, 6) is 0.993. The van der Waals surface area contributed by atoms with Gasteiger partial charge in [-0.25, -0.2) is 0 Å². The summed E-state index contributed by atoms with van der Waals surface area (Å²) < 4.78 is 7.43. The quantitative estimate of drug-likeness (QED) is 0.590. The number of aromatic amines is 1. The maximum absolute atomic E-state index is 13.0. The van der Waals surface area contributed by atoms with Crippen LogP contribution in [0.15, 0.2) is 48.7 Å². The van der Waals surface area contributed by atoms with Crippen LogP contribution in [0.5, 0.6) is 5.75 Å². The van der Waals surface area contributed by atoms with Crippen LogP contribution >= 0.6 is 0 Å². The molecule has 2 aromatic heterocycles. The molecule has 2 aromatic carbocycles. The van der Waals surface area contributed by atoms with Gasteiger partial charge in [-0.05, 0) is 48.7 Å². The Hall–Kier alpha value is -3.21. The fourth-order valence-electron chi connectivity index (χ4n) is 4.24. The van der Waals surface area contributed by atoms with Gasteiger partial charge in [-0.2, -0.15) is 0 Å². The molecule has 1 amide bonds. The van der Waals surface area contributed by atoms with E-state index >= 15 is 0 Å². The Bertz CT molecular complexity index is 1200. The van der Waals surface area contributed by atoms with Crippen molar-refractivity contribution < 1.29 is 9.53 Å². The number of fused-ring (bicyclic) bond motifs is 4. The molecule has 5 heteroatoms. The number of methoxy groups -OCH3 is 1. The average molecular weight is 373 g/mol. The molecule has 0 atom stereocenters. The number of benzene rings is 2. The van der Waals surface area contributed by atoms with Gasteiger partial charge in [0.1, 0.15) is 12.3 Å². The molecule has 142 valence electrons. The zero-order chi connectivity index (χ0) is 19.3. The van der Waals surface area contributed by atoms with Crippen molar-refractivity contribution in [3.05, 3.63) is 65.5 Å². The highest BCUT2D eigenvalue weighted by molar-refractivity contribution is 5.88. The van der Waals surface area contributed by atoms with Crippen molar-refractivity contribution in [1.29, 1.82) is 0 Å². The largest absolute Gasteiger partial charge is 0.497 e. The molecular formula is C23H23N3O2. The Morgan fingerprint density at radius 2 is 2.07 bits per heavy atom. The molecule has 0 saturated heterocycles. The maximum atomic E-state index is 13.0. The summed E-state index contributed by atoms with van der Waals surface area (Å²) in [6.45, 7) is 3.84. The summed E-state index contributed by atoms with van der Waals surface area (Å²) in [6.07, 6.45) is 2.86. The van der Waals surface area contributed by atoms with Gasteiger partial charge in [0.25, 0.3) is 0 Å². The van der Waals surface area contributed by atoms with Crippen LogP contribution in [0.1, 0.15) is 16.8 Å². The fourth-order valence-corrected chi connectivity index (χ4v) is 4.24. The Balaban J connectivity index is 1.41. The molecule has 28 heavy (non-hydrogen) atoms. The fraction of sp³-hybridized carbons (Fsp3) is 0.261. The van der Waals surface area contributed by atoms with Gasteiger partial charge in [-0.15, -0.1) is 0 Å². The summed E-state index contributed by atoms with van der Waals surface area (Å²) in [5.41, 5.74) is 5.88. The predicted octanol–water partition coefficient (Wildman–Crippen LogP) is 4.02. The van der Waals surface area contributed by atoms with Crippen molar-refractivity contribution >= 4 is 27.7 Å². The van der Waals surface area contributed by atoms with E-state index in [9.17, 15) is 4.79 Å². The maximum Gasteiger partial charge on any atom is 0.242 e. The number of aromatic nitrogens is 2. The molecule has 5 nitrogen and oxygen atoms in total. The summed E-state index contributed by atoms with van der Waals surface area (Å²) >= 11 is 0. The topological polar surface area (TPSA) is 50.3 Å². The molecule has 0 bridgehead atoms. The molecule has 0 radical (unpaired) electrons. The lowest BCUT2D eigenvalue weighted by molar-refractivity contribution is -0.132. The average Bonchev–Trinajstić information content (AvgIpc) is 3.27. The zero-order valence-electron chi connectivity index (χ0n) is 16.2. The summed E-state index contributed by atoms with van der Waals surface area (Å²) in [5, 5.41) is 2.33. The number of aryl methyl sites for hydroxylation is 1. The van der Waals surface area contributed by atoms with Crippen molar-refractivity contribution in [2.24, 2.45) is 0 Å². The Labute approximate surface area is 163 Å². The molecule has 0 unspecified atom stereocenters. The van der Waals surface area contributed by atoms with E-state index in [1.165, 1.54) is 22.2 Å². The molecule has 0 fully saturated rings. The molecule has 0 saturated carbocycles. The van der Waals surface area contributed by atoms with E-state index in [0.29, 0.717) is 13.1 Å². The highest BCUT2D eigenvalue weighted by Crippen LogP contribution is 2.30. The van der Waals surface area contributed by atoms with Crippen LogP contribution in [0.3, 0.4) is 0 Å². The first-order valence-corrected chi connectivity index (χ1v) is 9.63. The zero-order valence-corrected chi connectivity index (χ0v) is 16.2. The first-order chi connectivity index (χ1) is 13.6. The van der Waals surface area contributed by atoms with Gasteiger partial charge < -0.3 is 19.2 Å². The Kier molecular flexibility index (Phi) is 3.90. The second-order valence-corrected chi connectivity index (χ2v) is 7.56.